The summed E-state index contributed by atoms with van der Waals surface area (Å²) in [6, 6.07) is 3.53. The summed E-state index contributed by atoms with van der Waals surface area (Å²) in [5.74, 6) is 1.72. The molecular weight excluding hydrogens is 268 g/mol. The number of nitrogens with zero attached hydrogens (tertiary/aromatic N) is 1. The fourth-order valence-electron chi connectivity index (χ4n) is 2.16. The molecule has 1 fully saturated rings. The topological polar surface area (TPSA) is 63.4 Å². The highest BCUT2D eigenvalue weighted by Crippen LogP contribution is 2.28. The van der Waals surface area contributed by atoms with Crippen molar-refractivity contribution < 1.29 is 8.42 Å². The summed E-state index contributed by atoms with van der Waals surface area (Å²) in [5, 5.41) is 0. The van der Waals surface area contributed by atoms with E-state index in [1.807, 2.05) is 6.92 Å². The molecule has 1 aromatic rings. The summed E-state index contributed by atoms with van der Waals surface area (Å²) in [4.78, 5) is 0.384. The lowest BCUT2D eigenvalue weighted by Crippen LogP contribution is -2.38. The number of nitrogens with two attached hydrogens (primary N) is 1. The van der Waals surface area contributed by atoms with Crippen LogP contribution in [-0.2, 0) is 10.0 Å². The number of sulfonamides is 1. The van der Waals surface area contributed by atoms with Crippen molar-refractivity contribution in [3.63, 3.8) is 0 Å². The Morgan fingerprint density at radius 2 is 1.83 bits per heavy atom. The second kappa shape index (κ2) is 5.11. The predicted octanol–water partition coefficient (Wildman–Crippen LogP) is 1.62. The molecule has 1 heterocycles. The number of anilines is 1. The fourth-order valence-corrected chi connectivity index (χ4v) is 5.19. The zero-order valence-corrected chi connectivity index (χ0v) is 12.3. The molecule has 0 aromatic heterocycles. The number of nitrogen functional groups attached to an aromatic ring is 1. The van der Waals surface area contributed by atoms with E-state index >= 15 is 0 Å². The minimum atomic E-state index is -3.41. The Bertz CT molecular complexity index is 549. The Morgan fingerprint density at radius 1 is 1.22 bits per heavy atom. The molecule has 0 unspecified atom stereocenters. The summed E-state index contributed by atoms with van der Waals surface area (Å²) in [6.45, 7) is 4.76. The van der Waals surface area contributed by atoms with E-state index in [-0.39, 0.29) is 0 Å². The maximum atomic E-state index is 12.6. The Labute approximate surface area is 113 Å². The van der Waals surface area contributed by atoms with Crippen molar-refractivity contribution in [3.05, 3.63) is 23.3 Å². The summed E-state index contributed by atoms with van der Waals surface area (Å²) in [6.07, 6.45) is 0. The third-order valence-corrected chi connectivity index (χ3v) is 6.34. The van der Waals surface area contributed by atoms with Gasteiger partial charge in [0.1, 0.15) is 0 Å². The average Bonchev–Trinajstić information content (AvgIpc) is 2.35. The van der Waals surface area contributed by atoms with E-state index in [0.29, 0.717) is 29.2 Å². The number of rotatable bonds is 2. The van der Waals surface area contributed by atoms with Gasteiger partial charge >= 0.3 is 0 Å². The Balaban J connectivity index is 2.50. The van der Waals surface area contributed by atoms with E-state index in [0.717, 1.165) is 17.1 Å². The molecular formula is C12H18N2O2S2. The molecule has 100 valence electrons. The van der Waals surface area contributed by atoms with Crippen LogP contribution in [0.1, 0.15) is 11.1 Å². The van der Waals surface area contributed by atoms with Crippen molar-refractivity contribution in [2.75, 3.05) is 30.3 Å². The van der Waals surface area contributed by atoms with E-state index in [1.165, 1.54) is 0 Å². The van der Waals surface area contributed by atoms with Crippen LogP contribution in [0.4, 0.5) is 5.69 Å². The van der Waals surface area contributed by atoms with Crippen LogP contribution in [0.15, 0.2) is 17.0 Å². The van der Waals surface area contributed by atoms with Crippen LogP contribution in [-0.4, -0.2) is 37.3 Å². The normalized spacial score (nSPS) is 17.9. The Morgan fingerprint density at radius 3 is 2.44 bits per heavy atom. The van der Waals surface area contributed by atoms with Gasteiger partial charge in [-0.1, -0.05) is 6.07 Å². The molecule has 0 amide bonds. The van der Waals surface area contributed by atoms with Crippen LogP contribution >= 0.6 is 11.8 Å². The fraction of sp³-hybridized carbons (Fsp3) is 0.500. The Kier molecular flexibility index (Phi) is 3.89. The zero-order valence-electron chi connectivity index (χ0n) is 10.6. The lowest BCUT2D eigenvalue weighted by atomic mass is 10.1. The van der Waals surface area contributed by atoms with Crippen LogP contribution in [0.5, 0.6) is 0 Å². The second-order valence-corrected chi connectivity index (χ2v) is 7.54. The number of aryl methyl sites for hydroxylation is 1. The van der Waals surface area contributed by atoms with Crippen molar-refractivity contribution in [3.8, 4) is 0 Å². The molecule has 1 saturated heterocycles. The van der Waals surface area contributed by atoms with Gasteiger partial charge in [0.25, 0.3) is 0 Å². The molecule has 0 bridgehead atoms. The molecule has 1 aromatic carbocycles. The second-order valence-electron chi connectivity index (χ2n) is 4.44. The zero-order chi connectivity index (χ0) is 13.3. The van der Waals surface area contributed by atoms with Gasteiger partial charge in [-0.25, -0.2) is 8.42 Å². The molecule has 2 rings (SSSR count). The van der Waals surface area contributed by atoms with Crippen molar-refractivity contribution in [1.82, 2.24) is 4.31 Å². The van der Waals surface area contributed by atoms with E-state index < -0.39 is 10.0 Å². The van der Waals surface area contributed by atoms with E-state index in [2.05, 4.69) is 0 Å². The lowest BCUT2D eigenvalue weighted by Gasteiger charge is -2.27. The van der Waals surface area contributed by atoms with Gasteiger partial charge in [-0.05, 0) is 31.0 Å². The number of hydrogen-bond donors (Lipinski definition) is 1. The van der Waals surface area contributed by atoms with Gasteiger partial charge in [-0.2, -0.15) is 16.1 Å². The van der Waals surface area contributed by atoms with Gasteiger partial charge in [-0.15, -0.1) is 0 Å². The third kappa shape index (κ3) is 2.37. The summed E-state index contributed by atoms with van der Waals surface area (Å²) in [5.41, 5.74) is 7.79. The first kappa shape index (κ1) is 13.7. The summed E-state index contributed by atoms with van der Waals surface area (Å²) >= 11 is 1.79. The van der Waals surface area contributed by atoms with Gasteiger partial charge in [0.05, 0.1) is 4.90 Å². The number of thioether (sulfide) groups is 1. The van der Waals surface area contributed by atoms with Gasteiger partial charge < -0.3 is 5.73 Å². The SMILES string of the molecule is Cc1ccc(N)c(C)c1S(=O)(=O)N1CCSCC1. The molecule has 1 aliphatic rings. The monoisotopic (exact) mass is 286 g/mol. The van der Waals surface area contributed by atoms with Crippen LogP contribution in [0.25, 0.3) is 0 Å². The van der Waals surface area contributed by atoms with Crippen LogP contribution in [0.2, 0.25) is 0 Å². The van der Waals surface area contributed by atoms with Crippen LogP contribution in [0.3, 0.4) is 0 Å². The number of hydrogen-bond acceptors (Lipinski definition) is 4. The predicted molar refractivity (Wildman–Crippen MR) is 76.4 cm³/mol. The maximum Gasteiger partial charge on any atom is 0.243 e. The van der Waals surface area contributed by atoms with Gasteiger partial charge in [0, 0.05) is 30.3 Å². The van der Waals surface area contributed by atoms with Crippen molar-refractivity contribution in [2.45, 2.75) is 18.7 Å². The number of benzene rings is 1. The highest BCUT2D eigenvalue weighted by molar-refractivity contribution is 7.99. The molecule has 0 atom stereocenters. The molecule has 2 N–H and O–H groups in total. The molecule has 4 nitrogen and oxygen atoms in total. The molecule has 0 radical (unpaired) electrons. The van der Waals surface area contributed by atoms with Crippen molar-refractivity contribution >= 4 is 27.5 Å². The first-order chi connectivity index (χ1) is 8.44. The van der Waals surface area contributed by atoms with Gasteiger partial charge in [-0.3, -0.25) is 0 Å². The van der Waals surface area contributed by atoms with E-state index in [1.54, 1.807) is 35.1 Å². The first-order valence-electron chi connectivity index (χ1n) is 5.88. The molecule has 18 heavy (non-hydrogen) atoms. The van der Waals surface area contributed by atoms with Crippen molar-refractivity contribution in [2.24, 2.45) is 0 Å². The van der Waals surface area contributed by atoms with Crippen LogP contribution in [0, 0.1) is 13.8 Å². The summed E-state index contributed by atoms with van der Waals surface area (Å²) in [7, 11) is -3.41. The lowest BCUT2D eigenvalue weighted by molar-refractivity contribution is 0.443. The maximum absolute atomic E-state index is 12.6. The highest BCUT2D eigenvalue weighted by Gasteiger charge is 2.29. The molecule has 1 aliphatic heterocycles. The molecule has 6 heteroatoms. The molecule has 0 saturated carbocycles. The average molecular weight is 286 g/mol. The summed E-state index contributed by atoms with van der Waals surface area (Å²) < 4.78 is 26.9. The molecule has 0 aliphatic carbocycles. The van der Waals surface area contributed by atoms with Crippen molar-refractivity contribution in [1.29, 1.82) is 0 Å². The minimum Gasteiger partial charge on any atom is -0.398 e. The van der Waals surface area contributed by atoms with E-state index in [9.17, 15) is 8.42 Å². The largest absolute Gasteiger partial charge is 0.398 e. The first-order valence-corrected chi connectivity index (χ1v) is 8.47. The Hall–Kier alpha value is -0.720. The van der Waals surface area contributed by atoms with Gasteiger partial charge in [0.2, 0.25) is 10.0 Å². The van der Waals surface area contributed by atoms with E-state index in [4.69, 9.17) is 5.73 Å². The standard InChI is InChI=1S/C12H18N2O2S2/c1-9-3-4-11(13)10(2)12(9)18(15,16)14-5-7-17-8-6-14/h3-4H,5-8,13H2,1-2H3. The van der Waals surface area contributed by atoms with Crippen LogP contribution < -0.4 is 5.73 Å². The third-order valence-electron chi connectivity index (χ3n) is 3.21. The minimum absolute atomic E-state index is 0.384. The smallest absolute Gasteiger partial charge is 0.243 e. The molecule has 0 spiro atoms. The van der Waals surface area contributed by atoms with Gasteiger partial charge in [0.15, 0.2) is 0 Å². The quantitative estimate of drug-likeness (QED) is 0.839. The highest BCUT2D eigenvalue weighted by atomic mass is 32.2.